The molecule has 0 aliphatic heterocycles. The Hall–Kier alpha value is -0.940. The van der Waals surface area contributed by atoms with Gasteiger partial charge in [-0.3, -0.25) is 0 Å². The standard InChI is InChI=1S/C12H10BrFN2S/c13-7-1-4-9(10(14)5-7)11-6-17-12(16-11)15-8-2-3-8/h1,4-6,8H,2-3H2,(H,15,16). The zero-order chi connectivity index (χ0) is 11.8. The molecule has 1 aromatic heterocycles. The van der Waals surface area contributed by atoms with E-state index in [9.17, 15) is 4.39 Å². The molecule has 1 N–H and O–H groups in total. The third-order valence-corrected chi connectivity index (χ3v) is 3.88. The third kappa shape index (κ3) is 2.50. The quantitative estimate of drug-likeness (QED) is 0.914. The van der Waals surface area contributed by atoms with E-state index < -0.39 is 0 Å². The van der Waals surface area contributed by atoms with Crippen LogP contribution in [0.15, 0.2) is 28.1 Å². The summed E-state index contributed by atoms with van der Waals surface area (Å²) in [5.41, 5.74) is 1.25. The molecular weight excluding hydrogens is 303 g/mol. The molecule has 2 nitrogen and oxygen atoms in total. The summed E-state index contributed by atoms with van der Waals surface area (Å²) in [7, 11) is 0. The predicted octanol–water partition coefficient (Wildman–Crippen LogP) is 4.29. The molecule has 0 atom stereocenters. The molecule has 1 heterocycles. The van der Waals surface area contributed by atoms with Crippen molar-refractivity contribution in [3.8, 4) is 11.3 Å². The van der Waals surface area contributed by atoms with Gasteiger partial charge in [-0.2, -0.15) is 0 Å². The summed E-state index contributed by atoms with van der Waals surface area (Å²) in [5.74, 6) is -0.248. The number of nitrogens with zero attached hydrogens (tertiary/aromatic N) is 1. The number of benzene rings is 1. The molecular formula is C12H10BrFN2S. The van der Waals surface area contributed by atoms with Crippen LogP contribution in [0.5, 0.6) is 0 Å². The molecule has 1 aliphatic carbocycles. The summed E-state index contributed by atoms with van der Waals surface area (Å²) in [4.78, 5) is 4.40. The number of thiazole rings is 1. The van der Waals surface area contributed by atoms with Crippen LogP contribution in [0, 0.1) is 5.82 Å². The van der Waals surface area contributed by atoms with Crippen LogP contribution in [0.3, 0.4) is 0 Å². The molecule has 3 rings (SSSR count). The molecule has 1 aliphatic rings. The number of halogens is 2. The third-order valence-electron chi connectivity index (χ3n) is 2.62. The molecule has 0 amide bonds. The van der Waals surface area contributed by atoms with Gasteiger partial charge in [-0.25, -0.2) is 9.37 Å². The first-order chi connectivity index (χ1) is 8.22. The smallest absolute Gasteiger partial charge is 0.183 e. The van der Waals surface area contributed by atoms with Crippen LogP contribution in [0.2, 0.25) is 0 Å². The van der Waals surface area contributed by atoms with Crippen LogP contribution in [-0.4, -0.2) is 11.0 Å². The maximum absolute atomic E-state index is 13.7. The number of hydrogen-bond acceptors (Lipinski definition) is 3. The minimum Gasteiger partial charge on any atom is -0.359 e. The first-order valence-electron chi connectivity index (χ1n) is 5.40. The Bertz CT molecular complexity index is 551. The number of rotatable bonds is 3. The topological polar surface area (TPSA) is 24.9 Å². The van der Waals surface area contributed by atoms with E-state index in [1.165, 1.54) is 30.2 Å². The van der Waals surface area contributed by atoms with Gasteiger partial charge < -0.3 is 5.32 Å². The van der Waals surface area contributed by atoms with Gasteiger partial charge in [0, 0.05) is 21.5 Å². The normalized spacial score (nSPS) is 14.9. The van der Waals surface area contributed by atoms with Gasteiger partial charge in [0.2, 0.25) is 0 Å². The Morgan fingerprint density at radius 2 is 2.24 bits per heavy atom. The average molecular weight is 313 g/mol. The Kier molecular flexibility index (Phi) is 2.88. The molecule has 0 unspecified atom stereocenters. The number of aromatic nitrogens is 1. The summed E-state index contributed by atoms with van der Waals surface area (Å²) < 4.78 is 14.5. The lowest BCUT2D eigenvalue weighted by Gasteiger charge is -2.00. The first kappa shape index (κ1) is 11.2. The summed E-state index contributed by atoms with van der Waals surface area (Å²) in [6.07, 6.45) is 2.42. The van der Waals surface area contributed by atoms with Crippen LogP contribution >= 0.6 is 27.3 Å². The van der Waals surface area contributed by atoms with E-state index in [2.05, 4.69) is 26.2 Å². The van der Waals surface area contributed by atoms with E-state index in [0.717, 1.165) is 9.60 Å². The monoisotopic (exact) mass is 312 g/mol. The van der Waals surface area contributed by atoms with E-state index in [0.29, 0.717) is 17.3 Å². The van der Waals surface area contributed by atoms with Crippen molar-refractivity contribution >= 4 is 32.4 Å². The van der Waals surface area contributed by atoms with E-state index >= 15 is 0 Å². The van der Waals surface area contributed by atoms with Crippen molar-refractivity contribution in [2.24, 2.45) is 0 Å². The predicted molar refractivity (Wildman–Crippen MR) is 71.9 cm³/mol. The fourth-order valence-electron chi connectivity index (χ4n) is 1.56. The van der Waals surface area contributed by atoms with Crippen molar-refractivity contribution in [2.75, 3.05) is 5.32 Å². The molecule has 5 heteroatoms. The average Bonchev–Trinajstić information content (AvgIpc) is 2.96. The van der Waals surface area contributed by atoms with Gasteiger partial charge in [0.25, 0.3) is 0 Å². The van der Waals surface area contributed by atoms with Gasteiger partial charge in [-0.1, -0.05) is 15.9 Å². The molecule has 0 radical (unpaired) electrons. The molecule has 17 heavy (non-hydrogen) atoms. The summed E-state index contributed by atoms with van der Waals surface area (Å²) in [5, 5.41) is 6.08. The minimum absolute atomic E-state index is 0.248. The Labute approximate surface area is 111 Å². The van der Waals surface area contributed by atoms with Crippen molar-refractivity contribution in [3.63, 3.8) is 0 Å². The maximum atomic E-state index is 13.7. The first-order valence-corrected chi connectivity index (χ1v) is 7.07. The highest BCUT2D eigenvalue weighted by molar-refractivity contribution is 9.10. The van der Waals surface area contributed by atoms with Crippen LogP contribution in [0.25, 0.3) is 11.3 Å². The second-order valence-electron chi connectivity index (χ2n) is 4.08. The summed E-state index contributed by atoms with van der Waals surface area (Å²) >= 11 is 4.77. The minimum atomic E-state index is -0.248. The fraction of sp³-hybridized carbons (Fsp3) is 0.250. The number of anilines is 1. The second kappa shape index (κ2) is 4.38. The molecule has 0 saturated heterocycles. The van der Waals surface area contributed by atoms with E-state index in [4.69, 9.17) is 0 Å². The van der Waals surface area contributed by atoms with Crippen molar-refractivity contribution in [1.29, 1.82) is 0 Å². The highest BCUT2D eigenvalue weighted by Gasteiger charge is 2.22. The van der Waals surface area contributed by atoms with Crippen LogP contribution in [-0.2, 0) is 0 Å². The Morgan fingerprint density at radius 1 is 1.41 bits per heavy atom. The lowest BCUT2D eigenvalue weighted by molar-refractivity contribution is 0.630. The van der Waals surface area contributed by atoms with Gasteiger partial charge in [0.1, 0.15) is 5.82 Å². The number of nitrogens with one attached hydrogen (secondary N) is 1. The SMILES string of the molecule is Fc1cc(Br)ccc1-c1csc(NC2CC2)n1. The van der Waals surface area contributed by atoms with E-state index in [-0.39, 0.29) is 5.82 Å². The van der Waals surface area contributed by atoms with Gasteiger partial charge in [0.05, 0.1) is 5.69 Å². The molecule has 2 aromatic rings. The van der Waals surface area contributed by atoms with Gasteiger partial charge in [-0.05, 0) is 31.0 Å². The zero-order valence-electron chi connectivity index (χ0n) is 8.91. The molecule has 1 saturated carbocycles. The highest BCUT2D eigenvalue weighted by Crippen LogP contribution is 2.31. The van der Waals surface area contributed by atoms with Crippen molar-refractivity contribution in [3.05, 3.63) is 33.9 Å². The molecule has 1 fully saturated rings. The zero-order valence-corrected chi connectivity index (χ0v) is 11.3. The molecule has 88 valence electrons. The highest BCUT2D eigenvalue weighted by atomic mass is 79.9. The van der Waals surface area contributed by atoms with Crippen molar-refractivity contribution in [1.82, 2.24) is 4.98 Å². The van der Waals surface area contributed by atoms with Crippen LogP contribution < -0.4 is 5.32 Å². The second-order valence-corrected chi connectivity index (χ2v) is 5.85. The molecule has 0 spiro atoms. The Balaban J connectivity index is 1.89. The van der Waals surface area contributed by atoms with Crippen molar-refractivity contribution in [2.45, 2.75) is 18.9 Å². The van der Waals surface area contributed by atoms with E-state index in [1.54, 1.807) is 6.07 Å². The van der Waals surface area contributed by atoms with Crippen LogP contribution in [0.4, 0.5) is 9.52 Å². The lowest BCUT2D eigenvalue weighted by atomic mass is 10.2. The fourth-order valence-corrected chi connectivity index (χ4v) is 2.69. The lowest BCUT2D eigenvalue weighted by Crippen LogP contribution is -1.99. The molecule has 0 bridgehead atoms. The van der Waals surface area contributed by atoms with Gasteiger partial charge >= 0.3 is 0 Å². The summed E-state index contributed by atoms with van der Waals surface area (Å²) in [6, 6.07) is 5.60. The maximum Gasteiger partial charge on any atom is 0.183 e. The van der Waals surface area contributed by atoms with Gasteiger partial charge in [0.15, 0.2) is 5.13 Å². The largest absolute Gasteiger partial charge is 0.359 e. The number of hydrogen-bond donors (Lipinski definition) is 1. The van der Waals surface area contributed by atoms with Crippen LogP contribution in [0.1, 0.15) is 12.8 Å². The van der Waals surface area contributed by atoms with Gasteiger partial charge in [-0.15, -0.1) is 11.3 Å². The van der Waals surface area contributed by atoms with Crippen molar-refractivity contribution < 1.29 is 4.39 Å². The molecule has 1 aromatic carbocycles. The summed E-state index contributed by atoms with van der Waals surface area (Å²) in [6.45, 7) is 0. The van der Waals surface area contributed by atoms with E-state index in [1.807, 2.05) is 11.4 Å². The Morgan fingerprint density at radius 3 is 2.94 bits per heavy atom.